The SMILES string of the molecule is CC(C)n1c(C(=O)O)ccc1-c1ccc(F)c(F)c1. The third-order valence-electron chi connectivity index (χ3n) is 2.87. The van der Waals surface area contributed by atoms with E-state index in [1.165, 1.54) is 12.1 Å². The average molecular weight is 265 g/mol. The van der Waals surface area contributed by atoms with E-state index in [0.717, 1.165) is 12.1 Å². The van der Waals surface area contributed by atoms with E-state index in [0.29, 0.717) is 11.3 Å². The van der Waals surface area contributed by atoms with Crippen LogP contribution in [0.2, 0.25) is 0 Å². The number of rotatable bonds is 3. The summed E-state index contributed by atoms with van der Waals surface area (Å²) in [7, 11) is 0. The fourth-order valence-corrected chi connectivity index (χ4v) is 2.07. The van der Waals surface area contributed by atoms with Gasteiger partial charge in [0.15, 0.2) is 11.6 Å². The predicted molar refractivity (Wildman–Crippen MR) is 67.1 cm³/mol. The van der Waals surface area contributed by atoms with Gasteiger partial charge in [0.25, 0.3) is 0 Å². The van der Waals surface area contributed by atoms with Crippen LogP contribution in [0.1, 0.15) is 30.4 Å². The van der Waals surface area contributed by atoms with Gasteiger partial charge in [-0.2, -0.15) is 0 Å². The molecule has 1 N–H and O–H groups in total. The molecule has 0 saturated heterocycles. The summed E-state index contributed by atoms with van der Waals surface area (Å²) in [4.78, 5) is 11.1. The summed E-state index contributed by atoms with van der Waals surface area (Å²) in [5, 5.41) is 9.12. The van der Waals surface area contributed by atoms with Gasteiger partial charge in [0.05, 0.1) is 0 Å². The normalized spacial score (nSPS) is 11.0. The number of aromatic nitrogens is 1. The Hall–Kier alpha value is -2.17. The highest BCUT2D eigenvalue weighted by atomic mass is 19.2. The van der Waals surface area contributed by atoms with Crippen LogP contribution in [0.5, 0.6) is 0 Å². The van der Waals surface area contributed by atoms with Crippen molar-refractivity contribution in [1.82, 2.24) is 4.57 Å². The van der Waals surface area contributed by atoms with Crippen molar-refractivity contribution in [3.63, 3.8) is 0 Å². The largest absolute Gasteiger partial charge is 0.477 e. The maximum Gasteiger partial charge on any atom is 0.352 e. The average Bonchev–Trinajstić information content (AvgIpc) is 2.77. The molecule has 0 amide bonds. The number of carboxylic acid groups (broad SMARTS) is 1. The lowest BCUT2D eigenvalue weighted by Crippen LogP contribution is -2.11. The van der Waals surface area contributed by atoms with E-state index < -0.39 is 17.6 Å². The number of hydrogen-bond acceptors (Lipinski definition) is 1. The molecule has 100 valence electrons. The minimum Gasteiger partial charge on any atom is -0.477 e. The van der Waals surface area contributed by atoms with Gasteiger partial charge in [-0.15, -0.1) is 0 Å². The Morgan fingerprint density at radius 2 is 1.84 bits per heavy atom. The van der Waals surface area contributed by atoms with Gasteiger partial charge in [-0.3, -0.25) is 0 Å². The molecule has 19 heavy (non-hydrogen) atoms. The summed E-state index contributed by atoms with van der Waals surface area (Å²) in [6.07, 6.45) is 0. The third-order valence-corrected chi connectivity index (χ3v) is 2.87. The van der Waals surface area contributed by atoms with Crippen LogP contribution in [0.25, 0.3) is 11.3 Å². The van der Waals surface area contributed by atoms with Crippen molar-refractivity contribution in [3.8, 4) is 11.3 Å². The standard InChI is InChI=1S/C14H13F2NO2/c1-8(2)17-12(5-6-13(17)14(18)19)9-3-4-10(15)11(16)7-9/h3-8H,1-2H3,(H,18,19). The number of hydrogen-bond donors (Lipinski definition) is 1. The zero-order valence-corrected chi connectivity index (χ0v) is 10.5. The molecule has 0 unspecified atom stereocenters. The molecule has 0 aliphatic heterocycles. The number of carbonyl (C=O) groups is 1. The molecule has 5 heteroatoms. The Kier molecular flexibility index (Phi) is 3.38. The van der Waals surface area contributed by atoms with Crippen LogP contribution in [0.3, 0.4) is 0 Å². The Morgan fingerprint density at radius 3 is 2.37 bits per heavy atom. The summed E-state index contributed by atoms with van der Waals surface area (Å²) in [5.74, 6) is -2.93. The molecule has 0 atom stereocenters. The van der Waals surface area contributed by atoms with E-state index in [2.05, 4.69) is 0 Å². The Balaban J connectivity index is 2.62. The second-order valence-corrected chi connectivity index (χ2v) is 4.50. The Labute approximate surface area is 109 Å². The molecular formula is C14H13F2NO2. The first-order valence-electron chi connectivity index (χ1n) is 5.81. The minimum absolute atomic E-state index is 0.107. The fourth-order valence-electron chi connectivity index (χ4n) is 2.07. The maximum absolute atomic E-state index is 13.3. The first kappa shape index (κ1) is 13.3. The first-order chi connectivity index (χ1) is 8.91. The summed E-state index contributed by atoms with van der Waals surface area (Å²) in [6.45, 7) is 3.66. The van der Waals surface area contributed by atoms with Crippen molar-refractivity contribution in [2.75, 3.05) is 0 Å². The monoisotopic (exact) mass is 265 g/mol. The van der Waals surface area contributed by atoms with Crippen molar-refractivity contribution >= 4 is 5.97 Å². The van der Waals surface area contributed by atoms with Gasteiger partial charge in [-0.1, -0.05) is 0 Å². The minimum atomic E-state index is -1.05. The van der Waals surface area contributed by atoms with E-state index in [1.807, 2.05) is 13.8 Å². The van der Waals surface area contributed by atoms with Crippen LogP contribution >= 0.6 is 0 Å². The number of carboxylic acids is 1. The van der Waals surface area contributed by atoms with Crippen LogP contribution < -0.4 is 0 Å². The first-order valence-corrected chi connectivity index (χ1v) is 5.81. The highest BCUT2D eigenvalue weighted by Gasteiger charge is 2.18. The number of nitrogens with zero attached hydrogens (tertiary/aromatic N) is 1. The van der Waals surface area contributed by atoms with Crippen LogP contribution in [-0.4, -0.2) is 15.6 Å². The maximum atomic E-state index is 13.3. The van der Waals surface area contributed by atoms with Crippen molar-refractivity contribution in [2.45, 2.75) is 19.9 Å². The number of benzene rings is 1. The molecule has 2 rings (SSSR count). The van der Waals surface area contributed by atoms with E-state index >= 15 is 0 Å². The van der Waals surface area contributed by atoms with Crippen LogP contribution in [0.4, 0.5) is 8.78 Å². The van der Waals surface area contributed by atoms with Gasteiger partial charge in [0.1, 0.15) is 5.69 Å². The molecule has 1 aromatic heterocycles. The molecule has 1 aromatic carbocycles. The topological polar surface area (TPSA) is 42.2 Å². The summed E-state index contributed by atoms with van der Waals surface area (Å²) >= 11 is 0. The van der Waals surface area contributed by atoms with E-state index in [-0.39, 0.29) is 11.7 Å². The van der Waals surface area contributed by atoms with E-state index in [1.54, 1.807) is 10.6 Å². The third kappa shape index (κ3) is 2.36. The molecule has 0 spiro atoms. The lowest BCUT2D eigenvalue weighted by molar-refractivity contribution is 0.0683. The molecular weight excluding hydrogens is 252 g/mol. The second kappa shape index (κ2) is 4.84. The van der Waals surface area contributed by atoms with Crippen LogP contribution in [0, 0.1) is 11.6 Å². The molecule has 0 bridgehead atoms. The van der Waals surface area contributed by atoms with Crippen LogP contribution in [0.15, 0.2) is 30.3 Å². The smallest absolute Gasteiger partial charge is 0.352 e. The molecule has 0 aliphatic rings. The van der Waals surface area contributed by atoms with Crippen molar-refractivity contribution in [3.05, 3.63) is 47.7 Å². The highest BCUT2D eigenvalue weighted by molar-refractivity contribution is 5.87. The molecule has 3 nitrogen and oxygen atoms in total. The summed E-state index contributed by atoms with van der Waals surface area (Å²) < 4.78 is 27.8. The summed E-state index contributed by atoms with van der Waals surface area (Å²) in [6, 6.07) is 6.47. The van der Waals surface area contributed by atoms with Crippen molar-refractivity contribution in [1.29, 1.82) is 0 Å². The van der Waals surface area contributed by atoms with Crippen LogP contribution in [-0.2, 0) is 0 Å². The highest BCUT2D eigenvalue weighted by Crippen LogP contribution is 2.27. The molecule has 0 saturated carbocycles. The van der Waals surface area contributed by atoms with Gasteiger partial charge < -0.3 is 9.67 Å². The van der Waals surface area contributed by atoms with Gasteiger partial charge in [0, 0.05) is 17.3 Å². The quantitative estimate of drug-likeness (QED) is 0.919. The molecule has 0 aliphatic carbocycles. The van der Waals surface area contributed by atoms with E-state index in [4.69, 9.17) is 5.11 Å². The Morgan fingerprint density at radius 1 is 1.16 bits per heavy atom. The molecule has 0 fully saturated rings. The van der Waals surface area contributed by atoms with Gasteiger partial charge in [-0.25, -0.2) is 13.6 Å². The zero-order chi connectivity index (χ0) is 14.2. The Bertz CT molecular complexity index is 632. The molecule has 0 radical (unpaired) electrons. The lowest BCUT2D eigenvalue weighted by Gasteiger charge is -2.15. The van der Waals surface area contributed by atoms with Gasteiger partial charge >= 0.3 is 5.97 Å². The van der Waals surface area contributed by atoms with Crippen molar-refractivity contribution < 1.29 is 18.7 Å². The predicted octanol–water partition coefficient (Wildman–Crippen LogP) is 3.71. The van der Waals surface area contributed by atoms with Crippen molar-refractivity contribution in [2.24, 2.45) is 0 Å². The molecule has 2 aromatic rings. The second-order valence-electron chi connectivity index (χ2n) is 4.50. The van der Waals surface area contributed by atoms with Gasteiger partial charge in [-0.05, 0) is 44.2 Å². The lowest BCUT2D eigenvalue weighted by atomic mass is 10.1. The van der Waals surface area contributed by atoms with E-state index in [9.17, 15) is 13.6 Å². The number of aromatic carboxylic acids is 1. The zero-order valence-electron chi connectivity index (χ0n) is 10.5. The number of halogens is 2. The fraction of sp³-hybridized carbons (Fsp3) is 0.214. The van der Waals surface area contributed by atoms with Gasteiger partial charge in [0.2, 0.25) is 0 Å². The molecule has 1 heterocycles. The summed E-state index contributed by atoms with van der Waals surface area (Å²) in [5.41, 5.74) is 1.11.